The summed E-state index contributed by atoms with van der Waals surface area (Å²) in [6.07, 6.45) is 3.25. The van der Waals surface area contributed by atoms with E-state index in [1.54, 1.807) is 18.5 Å². The van der Waals surface area contributed by atoms with Gasteiger partial charge in [0.15, 0.2) is 0 Å². The van der Waals surface area contributed by atoms with Crippen molar-refractivity contribution in [2.45, 2.75) is 26.9 Å². The van der Waals surface area contributed by atoms with Crippen molar-refractivity contribution in [1.82, 2.24) is 19.9 Å². The van der Waals surface area contributed by atoms with Crippen molar-refractivity contribution in [2.24, 2.45) is 0 Å². The Morgan fingerprint density at radius 3 is 2.80 bits per heavy atom. The Morgan fingerprint density at radius 1 is 1.20 bits per heavy atom. The van der Waals surface area contributed by atoms with E-state index < -0.39 is 0 Å². The van der Waals surface area contributed by atoms with Crippen molar-refractivity contribution < 1.29 is 9.53 Å². The summed E-state index contributed by atoms with van der Waals surface area (Å²) in [4.78, 5) is 28.3. The molecule has 152 valence electrons. The van der Waals surface area contributed by atoms with Gasteiger partial charge in [0, 0.05) is 30.9 Å². The highest BCUT2D eigenvalue weighted by molar-refractivity contribution is 6.31. The van der Waals surface area contributed by atoms with Gasteiger partial charge in [-0.05, 0) is 38.1 Å². The number of rotatable bonds is 5. The number of aromatic nitrogens is 4. The number of H-pyrrole nitrogens is 1. The summed E-state index contributed by atoms with van der Waals surface area (Å²) in [5.74, 6) is 0.802. The molecule has 1 amide bonds. The molecule has 0 unspecified atom stereocenters. The van der Waals surface area contributed by atoms with E-state index in [0.717, 1.165) is 27.9 Å². The van der Waals surface area contributed by atoms with Crippen LogP contribution < -0.4 is 10.1 Å². The number of hydrogen-bond acceptors (Lipinski definition) is 5. The molecule has 30 heavy (non-hydrogen) atoms. The molecule has 0 atom stereocenters. The zero-order valence-electron chi connectivity index (χ0n) is 16.7. The second kappa shape index (κ2) is 8.12. The lowest BCUT2D eigenvalue weighted by Crippen LogP contribution is -2.07. The van der Waals surface area contributed by atoms with Gasteiger partial charge in [0.25, 0.3) is 0 Å². The number of amides is 1. The Balaban J connectivity index is 1.92. The molecule has 0 aliphatic rings. The van der Waals surface area contributed by atoms with E-state index in [1.807, 2.05) is 44.2 Å². The highest BCUT2D eigenvalue weighted by Crippen LogP contribution is 2.38. The van der Waals surface area contributed by atoms with Gasteiger partial charge in [-0.3, -0.25) is 9.78 Å². The van der Waals surface area contributed by atoms with Gasteiger partial charge in [0.1, 0.15) is 5.82 Å². The molecule has 4 rings (SSSR count). The van der Waals surface area contributed by atoms with Crippen LogP contribution in [0.15, 0.2) is 48.8 Å². The van der Waals surface area contributed by atoms with E-state index in [0.29, 0.717) is 22.4 Å². The Morgan fingerprint density at radius 2 is 2.03 bits per heavy atom. The third kappa shape index (κ3) is 4.11. The van der Waals surface area contributed by atoms with Crippen molar-refractivity contribution in [3.05, 3.63) is 53.8 Å². The number of nitrogens with one attached hydrogen (secondary N) is 2. The lowest BCUT2D eigenvalue weighted by molar-refractivity contribution is -0.114. The first-order chi connectivity index (χ1) is 14.4. The summed E-state index contributed by atoms with van der Waals surface area (Å²) in [6.45, 7) is 5.35. The van der Waals surface area contributed by atoms with Crippen molar-refractivity contribution >= 4 is 34.4 Å². The molecule has 8 heteroatoms. The topological polar surface area (TPSA) is 92.8 Å². The minimum Gasteiger partial charge on any atom is -0.475 e. The smallest absolute Gasteiger partial charge is 0.222 e. The summed E-state index contributed by atoms with van der Waals surface area (Å²) in [5, 5.41) is 3.24. The number of pyridine rings is 3. The zero-order chi connectivity index (χ0) is 21.3. The van der Waals surface area contributed by atoms with Gasteiger partial charge >= 0.3 is 0 Å². The first kappa shape index (κ1) is 19.8. The highest BCUT2D eigenvalue weighted by Gasteiger charge is 2.19. The number of carbonyl (C=O) groups excluding carboxylic acids is 1. The molecular formula is C22H20ClN5O2. The van der Waals surface area contributed by atoms with Gasteiger partial charge in [-0.1, -0.05) is 17.7 Å². The van der Waals surface area contributed by atoms with Crippen molar-refractivity contribution in [1.29, 1.82) is 0 Å². The Hall–Kier alpha value is -3.45. The number of halogens is 1. The average Bonchev–Trinajstić information content (AvgIpc) is 3.06. The first-order valence-electron chi connectivity index (χ1n) is 9.46. The van der Waals surface area contributed by atoms with Gasteiger partial charge in [-0.25, -0.2) is 9.97 Å². The second-order valence-electron chi connectivity index (χ2n) is 7.06. The number of aromatic amines is 1. The minimum atomic E-state index is -0.190. The van der Waals surface area contributed by atoms with Crippen LogP contribution in [0.5, 0.6) is 5.88 Å². The molecule has 7 nitrogen and oxygen atoms in total. The van der Waals surface area contributed by atoms with Gasteiger partial charge in [0.2, 0.25) is 11.8 Å². The monoisotopic (exact) mass is 421 g/mol. The fourth-order valence-corrected chi connectivity index (χ4v) is 3.37. The Kier molecular flexibility index (Phi) is 5.37. The largest absolute Gasteiger partial charge is 0.475 e. The predicted octanol–water partition coefficient (Wildman–Crippen LogP) is 5.09. The second-order valence-corrected chi connectivity index (χ2v) is 7.50. The van der Waals surface area contributed by atoms with E-state index in [4.69, 9.17) is 16.3 Å². The third-order valence-electron chi connectivity index (χ3n) is 4.29. The van der Waals surface area contributed by atoms with Crippen LogP contribution in [-0.2, 0) is 4.79 Å². The minimum absolute atomic E-state index is 0.00697. The summed E-state index contributed by atoms with van der Waals surface area (Å²) < 4.78 is 5.77. The normalized spacial score (nSPS) is 11.1. The molecule has 0 aliphatic heterocycles. The molecule has 2 N–H and O–H groups in total. The summed E-state index contributed by atoms with van der Waals surface area (Å²) >= 11 is 6.16. The summed E-state index contributed by atoms with van der Waals surface area (Å²) in [6, 6.07) is 11.1. The maximum Gasteiger partial charge on any atom is 0.222 e. The average molecular weight is 422 g/mol. The molecule has 0 saturated carbocycles. The molecular weight excluding hydrogens is 402 g/mol. The lowest BCUT2D eigenvalue weighted by Gasteiger charge is -2.11. The van der Waals surface area contributed by atoms with Crippen molar-refractivity contribution in [2.75, 3.05) is 5.32 Å². The van der Waals surface area contributed by atoms with Crippen LogP contribution >= 0.6 is 11.6 Å². The Bertz CT molecular complexity index is 1240. The van der Waals surface area contributed by atoms with Crippen molar-refractivity contribution in [3.8, 4) is 28.4 Å². The third-order valence-corrected chi connectivity index (χ3v) is 4.50. The molecule has 0 aliphatic carbocycles. The first-order valence-corrected chi connectivity index (χ1v) is 9.84. The maximum absolute atomic E-state index is 11.4. The number of hydrogen-bond donors (Lipinski definition) is 2. The fraction of sp³-hybridized carbons (Fsp3) is 0.182. The number of fused-ring (bicyclic) bond motifs is 1. The zero-order valence-corrected chi connectivity index (χ0v) is 17.5. The van der Waals surface area contributed by atoms with Gasteiger partial charge in [-0.2, -0.15) is 0 Å². The van der Waals surface area contributed by atoms with E-state index in [9.17, 15) is 4.79 Å². The van der Waals surface area contributed by atoms with Crippen LogP contribution in [0, 0.1) is 0 Å². The lowest BCUT2D eigenvalue weighted by atomic mass is 10.0. The molecule has 0 fully saturated rings. The van der Waals surface area contributed by atoms with E-state index in [2.05, 4.69) is 25.3 Å². The van der Waals surface area contributed by atoms with Crippen LogP contribution in [0.1, 0.15) is 20.8 Å². The van der Waals surface area contributed by atoms with Gasteiger partial charge in [0.05, 0.1) is 39.1 Å². The van der Waals surface area contributed by atoms with Crippen LogP contribution in [0.2, 0.25) is 5.02 Å². The van der Waals surface area contributed by atoms with Crippen LogP contribution in [0.25, 0.3) is 33.5 Å². The van der Waals surface area contributed by atoms with Crippen LogP contribution in [-0.4, -0.2) is 31.9 Å². The SMILES string of the molecule is CC(=O)Nc1cc(-c2[nH]c3cc(Cl)cnc3c2-c2cccc(OC(C)C)n2)ccn1. The molecule has 0 saturated heterocycles. The van der Waals surface area contributed by atoms with E-state index >= 15 is 0 Å². The molecule has 0 spiro atoms. The predicted molar refractivity (Wildman–Crippen MR) is 118 cm³/mol. The maximum atomic E-state index is 11.4. The molecule has 4 aromatic heterocycles. The molecule has 4 heterocycles. The number of carbonyl (C=O) groups is 1. The number of anilines is 1. The van der Waals surface area contributed by atoms with Crippen LogP contribution in [0.3, 0.4) is 0 Å². The van der Waals surface area contributed by atoms with E-state index in [-0.39, 0.29) is 12.0 Å². The molecule has 0 aromatic carbocycles. The highest BCUT2D eigenvalue weighted by atomic mass is 35.5. The van der Waals surface area contributed by atoms with E-state index in [1.165, 1.54) is 6.92 Å². The summed E-state index contributed by atoms with van der Waals surface area (Å²) in [5.41, 5.74) is 4.67. The number of nitrogens with zero attached hydrogens (tertiary/aromatic N) is 3. The Labute approximate surface area is 178 Å². The van der Waals surface area contributed by atoms with Gasteiger partial charge in [-0.15, -0.1) is 0 Å². The molecule has 4 aromatic rings. The molecule has 0 bridgehead atoms. The quantitative estimate of drug-likeness (QED) is 0.468. The van der Waals surface area contributed by atoms with Gasteiger partial charge < -0.3 is 15.0 Å². The number of ether oxygens (including phenoxy) is 1. The fourth-order valence-electron chi connectivity index (χ4n) is 3.21. The molecule has 0 radical (unpaired) electrons. The van der Waals surface area contributed by atoms with Crippen molar-refractivity contribution in [3.63, 3.8) is 0 Å². The van der Waals surface area contributed by atoms with Crippen LogP contribution in [0.4, 0.5) is 5.82 Å². The standard InChI is InChI=1S/C22H20ClN5O2/c1-12(2)30-19-6-4-5-16(27-19)20-21(28-17-10-15(23)11-25-22(17)20)14-7-8-24-18(9-14)26-13(3)29/h4-12,28H,1-3H3,(H,24,26,29). The summed E-state index contributed by atoms with van der Waals surface area (Å²) in [7, 11) is 0.